The number of allylic oxidation sites excluding steroid dienone is 13. The van der Waals surface area contributed by atoms with E-state index < -0.39 is 70.6 Å². The number of aliphatic hydroxyl groups is 4. The van der Waals surface area contributed by atoms with Crippen LogP contribution in [0.25, 0.3) is 0 Å². The molecule has 0 saturated heterocycles. The third-order valence-electron chi connectivity index (χ3n) is 8.73. The van der Waals surface area contributed by atoms with Crippen molar-refractivity contribution >= 4 is 19.8 Å². The fourth-order valence-electron chi connectivity index (χ4n) is 5.26. The lowest BCUT2D eigenvalue weighted by molar-refractivity contribution is -0.161. The highest BCUT2D eigenvalue weighted by atomic mass is 31.2. The van der Waals surface area contributed by atoms with E-state index in [1.54, 1.807) is 0 Å². The lowest BCUT2D eigenvalue weighted by atomic mass is 10.0. The molecule has 0 aliphatic heterocycles. The number of rotatable bonds is 39. The Hall–Kier alpha value is -2.93. The summed E-state index contributed by atoms with van der Waals surface area (Å²) in [5.74, 6) is -1.25. The van der Waals surface area contributed by atoms with Crippen LogP contribution in [0.1, 0.15) is 142 Å². The van der Waals surface area contributed by atoms with Gasteiger partial charge in [-0.25, -0.2) is 4.57 Å². The molecule has 0 amide bonds. The van der Waals surface area contributed by atoms with Crippen LogP contribution in [-0.2, 0) is 32.7 Å². The van der Waals surface area contributed by atoms with Gasteiger partial charge in [-0.2, -0.15) is 0 Å². The average Bonchev–Trinajstić information content (AvgIpc) is 3.22. The van der Waals surface area contributed by atoms with Gasteiger partial charge in [-0.05, 0) is 89.9 Å². The summed E-state index contributed by atoms with van der Waals surface area (Å²) < 4.78 is 32.5. The van der Waals surface area contributed by atoms with Crippen molar-refractivity contribution in [1.29, 1.82) is 0 Å². The molecule has 59 heavy (non-hydrogen) atoms. The first-order chi connectivity index (χ1) is 28.5. The van der Waals surface area contributed by atoms with Crippen LogP contribution in [-0.4, -0.2) is 88.1 Å². The molecule has 5 N–H and O–H groups in total. The number of unbranched alkanes of at least 4 members (excludes halogenated alkanes) is 7. The first-order valence-corrected chi connectivity index (χ1v) is 23.2. The Bertz CT molecular complexity index is 1290. The smallest absolute Gasteiger partial charge is 0.462 e. The van der Waals surface area contributed by atoms with Crippen LogP contribution in [0.4, 0.5) is 0 Å². The molecule has 0 radical (unpaired) electrons. The summed E-state index contributed by atoms with van der Waals surface area (Å²) in [6.45, 7) is 1.85. The molecule has 3 unspecified atom stereocenters. The molecular weight excluding hydrogens is 775 g/mol. The predicted octanol–water partition coefficient (Wildman–Crippen LogP) is 9.39. The van der Waals surface area contributed by atoms with Crippen LogP contribution < -0.4 is 0 Å². The molecule has 0 aromatic carbocycles. The van der Waals surface area contributed by atoms with Gasteiger partial charge in [-0.1, -0.05) is 125 Å². The summed E-state index contributed by atoms with van der Waals surface area (Å²) in [5, 5.41) is 39.0. The Kier molecular flexibility index (Phi) is 38.5. The van der Waals surface area contributed by atoms with Gasteiger partial charge in [0.1, 0.15) is 12.7 Å². The van der Waals surface area contributed by atoms with E-state index in [1.165, 1.54) is 19.3 Å². The number of aliphatic hydroxyl groups excluding tert-OH is 4. The van der Waals surface area contributed by atoms with Crippen LogP contribution in [0.5, 0.6) is 0 Å². The second-order valence-corrected chi connectivity index (χ2v) is 15.7. The summed E-state index contributed by atoms with van der Waals surface area (Å²) in [6, 6.07) is 0. The van der Waals surface area contributed by atoms with Crippen LogP contribution >= 0.6 is 7.82 Å². The Morgan fingerprint density at radius 3 is 1.66 bits per heavy atom. The summed E-state index contributed by atoms with van der Waals surface area (Å²) in [7, 11) is -4.70. The van der Waals surface area contributed by atoms with Gasteiger partial charge in [-0.3, -0.25) is 18.6 Å². The third kappa shape index (κ3) is 39.0. The Morgan fingerprint density at radius 2 is 1.08 bits per heavy atom. The van der Waals surface area contributed by atoms with Crippen molar-refractivity contribution in [2.24, 2.45) is 0 Å². The topological polar surface area (TPSA) is 189 Å². The van der Waals surface area contributed by atoms with Gasteiger partial charge in [0.2, 0.25) is 0 Å². The predicted molar refractivity (Wildman–Crippen MR) is 235 cm³/mol. The lowest BCUT2D eigenvalue weighted by Crippen LogP contribution is -2.30. The number of phosphoric ester groups is 1. The monoisotopic (exact) mass is 853 g/mol. The largest absolute Gasteiger partial charge is 0.472 e. The van der Waals surface area contributed by atoms with Gasteiger partial charge < -0.3 is 34.8 Å². The van der Waals surface area contributed by atoms with Crippen molar-refractivity contribution < 1.29 is 58.0 Å². The molecule has 338 valence electrons. The molecule has 12 nitrogen and oxygen atoms in total. The number of ether oxygens (including phenoxy) is 2. The zero-order valence-corrected chi connectivity index (χ0v) is 36.8. The molecule has 0 bridgehead atoms. The Labute approximate surface area is 355 Å². The van der Waals surface area contributed by atoms with Crippen LogP contribution in [0, 0.1) is 0 Å². The zero-order chi connectivity index (χ0) is 43.7. The maximum atomic E-state index is 12.6. The molecule has 0 aliphatic rings. The second kappa shape index (κ2) is 40.5. The number of esters is 2. The highest BCUT2D eigenvalue weighted by Gasteiger charge is 2.27. The van der Waals surface area contributed by atoms with E-state index >= 15 is 0 Å². The van der Waals surface area contributed by atoms with Crippen LogP contribution in [0.15, 0.2) is 85.1 Å². The van der Waals surface area contributed by atoms with Crippen molar-refractivity contribution in [1.82, 2.24) is 0 Å². The summed E-state index contributed by atoms with van der Waals surface area (Å²) in [6.07, 6.45) is 40.0. The Balaban J connectivity index is 4.60. The highest BCUT2D eigenvalue weighted by molar-refractivity contribution is 7.47. The van der Waals surface area contributed by atoms with Crippen molar-refractivity contribution in [3.63, 3.8) is 0 Å². The fraction of sp³-hybridized carbons (Fsp3) is 0.652. The maximum Gasteiger partial charge on any atom is 0.472 e. The molecule has 0 heterocycles. The lowest BCUT2D eigenvalue weighted by Gasteiger charge is -2.20. The number of hydrogen-bond acceptors (Lipinski definition) is 11. The van der Waals surface area contributed by atoms with Gasteiger partial charge in [-0.15, -0.1) is 0 Å². The number of hydrogen-bond donors (Lipinski definition) is 5. The quantitative estimate of drug-likeness (QED) is 0.0171. The number of carbonyl (C=O) groups is 2. The molecule has 0 aromatic rings. The zero-order valence-electron chi connectivity index (χ0n) is 35.9. The molecule has 13 heteroatoms. The SMILES string of the molecule is CC/C=C\C/C=C\C/C=C\C/C=C\CCCCCCC(=O)O[C@H](COC(=O)CCCC(O)C(O)C/C=C\C/C=C\C/C=C\CCCCC)COP(=O)(O)OC[C@@H](O)CO. The van der Waals surface area contributed by atoms with Crippen LogP contribution in [0.2, 0.25) is 0 Å². The minimum absolute atomic E-state index is 0.0828. The Morgan fingerprint density at radius 1 is 0.576 bits per heavy atom. The summed E-state index contributed by atoms with van der Waals surface area (Å²) in [4.78, 5) is 35.0. The summed E-state index contributed by atoms with van der Waals surface area (Å²) in [5.41, 5.74) is 0. The molecule has 0 saturated carbocycles. The minimum atomic E-state index is -4.70. The van der Waals surface area contributed by atoms with Crippen molar-refractivity contribution in [2.45, 2.75) is 167 Å². The first kappa shape index (κ1) is 56.1. The fourth-order valence-corrected chi connectivity index (χ4v) is 6.05. The van der Waals surface area contributed by atoms with E-state index in [-0.39, 0.29) is 32.1 Å². The molecular formula is C46H77O12P. The average molecular weight is 853 g/mol. The molecule has 0 fully saturated rings. The number of carbonyl (C=O) groups excluding carboxylic acids is 2. The van der Waals surface area contributed by atoms with Crippen molar-refractivity contribution in [3.05, 3.63) is 85.1 Å². The van der Waals surface area contributed by atoms with E-state index in [1.807, 2.05) is 12.2 Å². The van der Waals surface area contributed by atoms with E-state index in [0.717, 1.165) is 70.6 Å². The molecule has 0 aliphatic carbocycles. The second-order valence-electron chi connectivity index (χ2n) is 14.3. The van der Waals surface area contributed by atoms with Gasteiger partial charge in [0.15, 0.2) is 6.10 Å². The van der Waals surface area contributed by atoms with E-state index in [9.17, 15) is 34.4 Å². The molecule has 0 rings (SSSR count). The maximum absolute atomic E-state index is 12.6. The van der Waals surface area contributed by atoms with E-state index in [2.05, 4.69) is 91.3 Å². The van der Waals surface area contributed by atoms with Gasteiger partial charge in [0.25, 0.3) is 0 Å². The molecule has 5 atom stereocenters. The van der Waals surface area contributed by atoms with Crippen molar-refractivity contribution in [3.8, 4) is 0 Å². The van der Waals surface area contributed by atoms with Crippen molar-refractivity contribution in [2.75, 3.05) is 26.4 Å². The highest BCUT2D eigenvalue weighted by Crippen LogP contribution is 2.43. The van der Waals surface area contributed by atoms with E-state index in [4.69, 9.17) is 19.1 Å². The van der Waals surface area contributed by atoms with Gasteiger partial charge in [0, 0.05) is 12.8 Å². The molecule has 0 aromatic heterocycles. The standard InChI is InChI=1S/C46H77O12P/c1-3-5-7-9-11-13-15-17-18-19-20-21-23-25-27-29-31-35-46(52)58-42(40-57-59(53,54)56-38-41(48)37-47)39-55-45(51)36-32-34-44(50)43(49)33-30-28-26-24-22-16-14-12-10-8-6-4-2/h5,7,11-14,17-18,20-22,24,28,30,41-44,47-50H,3-4,6,8-10,15-16,19,23,25-27,29,31-40H2,1-2H3,(H,53,54)/b7-5-,13-11-,14-12-,18-17-,21-20-,24-22-,30-28-/t41-,42+,43?,44?/m0/s1. The van der Waals surface area contributed by atoms with E-state index in [0.29, 0.717) is 6.42 Å². The van der Waals surface area contributed by atoms with Gasteiger partial charge >= 0.3 is 19.8 Å². The normalized spacial score (nSPS) is 15.7. The van der Waals surface area contributed by atoms with Gasteiger partial charge in [0.05, 0.1) is 32.0 Å². The first-order valence-electron chi connectivity index (χ1n) is 21.7. The molecule has 0 spiro atoms. The van der Waals surface area contributed by atoms with Crippen LogP contribution in [0.3, 0.4) is 0 Å². The number of phosphoric acid groups is 1. The summed E-state index contributed by atoms with van der Waals surface area (Å²) >= 11 is 0. The minimum Gasteiger partial charge on any atom is -0.462 e. The third-order valence-corrected chi connectivity index (χ3v) is 9.69.